The molecule has 0 radical (unpaired) electrons. The van der Waals surface area contributed by atoms with Gasteiger partial charge in [-0.25, -0.2) is 4.39 Å². The zero-order chi connectivity index (χ0) is 14.2. The fourth-order valence-electron chi connectivity index (χ4n) is 2.09. The van der Waals surface area contributed by atoms with Crippen molar-refractivity contribution in [2.24, 2.45) is 0 Å². The lowest BCUT2D eigenvalue weighted by atomic mass is 9.96. The van der Waals surface area contributed by atoms with Crippen LogP contribution < -0.4 is 0 Å². The minimum Gasteiger partial charge on any atom is -0.289 e. The summed E-state index contributed by atoms with van der Waals surface area (Å²) in [4.78, 5) is 12.5. The Labute approximate surface area is 117 Å². The first-order chi connectivity index (χ1) is 8.91. The van der Waals surface area contributed by atoms with E-state index in [4.69, 9.17) is 11.6 Å². The number of halogens is 2. The predicted octanol–water partition coefficient (Wildman–Crippen LogP) is 4.64. The van der Waals surface area contributed by atoms with E-state index in [0.29, 0.717) is 27.3 Å². The van der Waals surface area contributed by atoms with Gasteiger partial charge in [0.1, 0.15) is 5.82 Å². The van der Waals surface area contributed by atoms with Crippen molar-refractivity contribution in [3.63, 3.8) is 0 Å². The Morgan fingerprint density at radius 2 is 1.68 bits per heavy atom. The van der Waals surface area contributed by atoms with Gasteiger partial charge in [0.15, 0.2) is 5.78 Å². The van der Waals surface area contributed by atoms with Gasteiger partial charge in [0, 0.05) is 16.1 Å². The normalized spacial score (nSPS) is 10.6. The highest BCUT2D eigenvalue weighted by Crippen LogP contribution is 2.23. The van der Waals surface area contributed by atoms with Crippen LogP contribution in [0.2, 0.25) is 5.02 Å². The molecule has 0 aromatic heterocycles. The van der Waals surface area contributed by atoms with Gasteiger partial charge in [0.2, 0.25) is 0 Å². The fourth-order valence-corrected chi connectivity index (χ4v) is 2.26. The van der Waals surface area contributed by atoms with Crippen LogP contribution in [0.25, 0.3) is 0 Å². The Bertz CT molecular complexity index is 639. The maximum absolute atomic E-state index is 13.6. The standard InChI is InChI=1S/C16H14ClFO/c1-9-7-12(8-10(2)15(9)18)16(19)13-5-4-6-14(17)11(13)3/h4-8H,1-3H3. The molecule has 0 spiro atoms. The molecular weight excluding hydrogens is 263 g/mol. The molecule has 0 saturated heterocycles. The van der Waals surface area contributed by atoms with Crippen molar-refractivity contribution in [2.75, 3.05) is 0 Å². The molecule has 2 aromatic rings. The van der Waals surface area contributed by atoms with Gasteiger partial charge in [-0.2, -0.15) is 0 Å². The minimum absolute atomic E-state index is 0.133. The molecule has 3 heteroatoms. The average molecular weight is 277 g/mol. The molecule has 0 amide bonds. The molecule has 0 saturated carbocycles. The number of hydrogen-bond acceptors (Lipinski definition) is 1. The second-order valence-corrected chi connectivity index (χ2v) is 5.07. The number of carbonyl (C=O) groups is 1. The summed E-state index contributed by atoms with van der Waals surface area (Å²) in [6, 6.07) is 8.37. The fraction of sp³-hybridized carbons (Fsp3) is 0.188. The van der Waals surface area contributed by atoms with Gasteiger partial charge >= 0.3 is 0 Å². The lowest BCUT2D eigenvalue weighted by Crippen LogP contribution is -2.06. The van der Waals surface area contributed by atoms with Gasteiger partial charge in [-0.05, 0) is 55.7 Å². The predicted molar refractivity (Wildman–Crippen MR) is 75.5 cm³/mol. The highest BCUT2D eigenvalue weighted by atomic mass is 35.5. The van der Waals surface area contributed by atoms with Crippen LogP contribution in [-0.2, 0) is 0 Å². The minimum atomic E-state index is -0.264. The topological polar surface area (TPSA) is 17.1 Å². The third-order valence-electron chi connectivity index (χ3n) is 3.21. The van der Waals surface area contributed by atoms with Crippen molar-refractivity contribution in [1.82, 2.24) is 0 Å². The Morgan fingerprint density at radius 3 is 2.26 bits per heavy atom. The molecule has 2 aromatic carbocycles. The van der Waals surface area contributed by atoms with Crippen LogP contribution in [0.1, 0.15) is 32.6 Å². The molecule has 0 aliphatic carbocycles. The Hall–Kier alpha value is -1.67. The first-order valence-corrected chi connectivity index (χ1v) is 6.36. The van der Waals surface area contributed by atoms with Crippen LogP contribution in [0.3, 0.4) is 0 Å². The Balaban J connectivity index is 2.53. The summed E-state index contributed by atoms with van der Waals surface area (Å²) in [6.45, 7) is 5.12. The van der Waals surface area contributed by atoms with Gasteiger partial charge in [0.05, 0.1) is 0 Å². The Kier molecular flexibility index (Phi) is 3.72. The van der Waals surface area contributed by atoms with Crippen LogP contribution in [0.4, 0.5) is 4.39 Å². The quantitative estimate of drug-likeness (QED) is 0.731. The van der Waals surface area contributed by atoms with Crippen molar-refractivity contribution < 1.29 is 9.18 Å². The SMILES string of the molecule is Cc1cc(C(=O)c2cccc(Cl)c2C)cc(C)c1F. The van der Waals surface area contributed by atoms with Gasteiger partial charge < -0.3 is 0 Å². The molecule has 0 fully saturated rings. The van der Waals surface area contributed by atoms with E-state index >= 15 is 0 Å². The molecule has 0 aliphatic rings. The first-order valence-electron chi connectivity index (χ1n) is 5.98. The van der Waals surface area contributed by atoms with E-state index in [0.717, 1.165) is 5.56 Å². The van der Waals surface area contributed by atoms with E-state index in [1.165, 1.54) is 0 Å². The molecule has 0 atom stereocenters. The Morgan fingerprint density at radius 1 is 1.11 bits per heavy atom. The monoisotopic (exact) mass is 276 g/mol. The number of carbonyl (C=O) groups excluding carboxylic acids is 1. The van der Waals surface area contributed by atoms with E-state index in [9.17, 15) is 9.18 Å². The van der Waals surface area contributed by atoms with Gasteiger partial charge in [-0.1, -0.05) is 23.7 Å². The van der Waals surface area contributed by atoms with Crippen molar-refractivity contribution in [3.8, 4) is 0 Å². The molecule has 0 aliphatic heterocycles. The summed E-state index contributed by atoms with van der Waals surface area (Å²) in [7, 11) is 0. The van der Waals surface area contributed by atoms with Crippen LogP contribution in [0, 0.1) is 26.6 Å². The summed E-state index contributed by atoms with van der Waals surface area (Å²) in [6.07, 6.45) is 0. The van der Waals surface area contributed by atoms with Crippen LogP contribution in [0.15, 0.2) is 30.3 Å². The van der Waals surface area contributed by atoms with Gasteiger partial charge in [0.25, 0.3) is 0 Å². The molecule has 0 heterocycles. The summed E-state index contributed by atoms with van der Waals surface area (Å²) in [5.41, 5.74) is 2.74. The lowest BCUT2D eigenvalue weighted by molar-refractivity contribution is 0.103. The van der Waals surface area contributed by atoms with E-state index in [1.807, 2.05) is 0 Å². The second kappa shape index (κ2) is 5.14. The van der Waals surface area contributed by atoms with Crippen LogP contribution in [-0.4, -0.2) is 5.78 Å². The van der Waals surface area contributed by atoms with Gasteiger partial charge in [-0.3, -0.25) is 4.79 Å². The van der Waals surface area contributed by atoms with Crippen LogP contribution >= 0.6 is 11.6 Å². The lowest BCUT2D eigenvalue weighted by Gasteiger charge is -2.09. The zero-order valence-corrected chi connectivity index (χ0v) is 11.8. The van der Waals surface area contributed by atoms with E-state index < -0.39 is 0 Å². The molecule has 0 N–H and O–H groups in total. The highest BCUT2D eigenvalue weighted by Gasteiger charge is 2.15. The maximum Gasteiger partial charge on any atom is 0.193 e. The summed E-state index contributed by atoms with van der Waals surface area (Å²) in [5, 5.41) is 0.557. The van der Waals surface area contributed by atoms with E-state index in [-0.39, 0.29) is 11.6 Å². The van der Waals surface area contributed by atoms with E-state index in [1.54, 1.807) is 51.1 Å². The second-order valence-electron chi connectivity index (χ2n) is 4.67. The summed E-state index contributed by atoms with van der Waals surface area (Å²) in [5.74, 6) is -0.398. The molecule has 2 rings (SSSR count). The zero-order valence-electron chi connectivity index (χ0n) is 11.1. The maximum atomic E-state index is 13.6. The number of aryl methyl sites for hydroxylation is 2. The molecule has 1 nitrogen and oxygen atoms in total. The number of ketones is 1. The number of rotatable bonds is 2. The molecule has 19 heavy (non-hydrogen) atoms. The van der Waals surface area contributed by atoms with Crippen molar-refractivity contribution in [3.05, 3.63) is 69.0 Å². The molecule has 98 valence electrons. The third-order valence-corrected chi connectivity index (χ3v) is 3.62. The van der Waals surface area contributed by atoms with Crippen LogP contribution in [0.5, 0.6) is 0 Å². The average Bonchev–Trinajstić information content (AvgIpc) is 2.38. The largest absolute Gasteiger partial charge is 0.289 e. The van der Waals surface area contributed by atoms with Gasteiger partial charge in [-0.15, -0.1) is 0 Å². The highest BCUT2D eigenvalue weighted by molar-refractivity contribution is 6.32. The third kappa shape index (κ3) is 2.54. The summed E-state index contributed by atoms with van der Waals surface area (Å²) < 4.78 is 13.6. The van der Waals surface area contributed by atoms with E-state index in [2.05, 4.69) is 0 Å². The van der Waals surface area contributed by atoms with Crippen molar-refractivity contribution in [1.29, 1.82) is 0 Å². The first kappa shape index (κ1) is 13.8. The van der Waals surface area contributed by atoms with Crippen molar-refractivity contribution >= 4 is 17.4 Å². The summed E-state index contributed by atoms with van der Waals surface area (Å²) >= 11 is 6.02. The smallest absolute Gasteiger partial charge is 0.193 e. The molecule has 0 unspecified atom stereocenters. The number of hydrogen-bond donors (Lipinski definition) is 0. The number of benzene rings is 2. The molecular formula is C16H14ClFO. The molecule has 0 bridgehead atoms. The van der Waals surface area contributed by atoms with Crippen molar-refractivity contribution in [2.45, 2.75) is 20.8 Å².